The van der Waals surface area contributed by atoms with Gasteiger partial charge in [-0.3, -0.25) is 14.4 Å². The predicted molar refractivity (Wildman–Crippen MR) is 252 cm³/mol. The van der Waals surface area contributed by atoms with E-state index in [1.54, 1.807) is 0 Å². The van der Waals surface area contributed by atoms with E-state index in [9.17, 15) is 14.4 Å². The molecule has 0 spiro atoms. The summed E-state index contributed by atoms with van der Waals surface area (Å²) >= 11 is 0. The Morgan fingerprint density at radius 3 is 0.831 bits per heavy atom. The molecule has 59 heavy (non-hydrogen) atoms. The van der Waals surface area contributed by atoms with E-state index in [0.29, 0.717) is 19.3 Å². The highest BCUT2D eigenvalue weighted by Gasteiger charge is 2.19. The third kappa shape index (κ3) is 47.3. The fraction of sp³-hybridized carbons (Fsp3) is 0.943. The highest BCUT2D eigenvalue weighted by atomic mass is 16.6. The topological polar surface area (TPSA) is 78.9 Å². The van der Waals surface area contributed by atoms with Crippen molar-refractivity contribution in [3.05, 3.63) is 0 Å². The summed E-state index contributed by atoms with van der Waals surface area (Å²) in [6, 6.07) is 0. The summed E-state index contributed by atoms with van der Waals surface area (Å²) in [6.07, 6.45) is 49.4. The van der Waals surface area contributed by atoms with Gasteiger partial charge in [-0.1, -0.05) is 259 Å². The number of unbranched alkanes of at least 4 members (excludes halogenated alkanes) is 35. The molecule has 0 radical (unpaired) electrons. The molecule has 0 fully saturated rings. The first-order valence-corrected chi connectivity index (χ1v) is 26.4. The largest absolute Gasteiger partial charge is 0.462 e. The number of ether oxygens (including phenoxy) is 3. The van der Waals surface area contributed by atoms with E-state index in [0.717, 1.165) is 63.7 Å². The minimum atomic E-state index is -0.760. The van der Waals surface area contributed by atoms with Crippen LogP contribution in [0.4, 0.5) is 0 Å². The van der Waals surface area contributed by atoms with Crippen LogP contribution in [0.25, 0.3) is 0 Å². The molecule has 0 aromatic heterocycles. The van der Waals surface area contributed by atoms with Crippen molar-refractivity contribution in [2.75, 3.05) is 13.2 Å². The molecule has 0 aromatic rings. The van der Waals surface area contributed by atoms with E-state index in [4.69, 9.17) is 14.2 Å². The van der Waals surface area contributed by atoms with Crippen LogP contribution < -0.4 is 0 Å². The van der Waals surface area contributed by atoms with Crippen LogP contribution in [0.15, 0.2) is 0 Å². The maximum Gasteiger partial charge on any atom is 0.306 e. The smallest absolute Gasteiger partial charge is 0.306 e. The van der Waals surface area contributed by atoms with Gasteiger partial charge in [0.25, 0.3) is 0 Å². The normalized spacial score (nSPS) is 11.9. The van der Waals surface area contributed by atoms with Crippen LogP contribution >= 0.6 is 0 Å². The maximum atomic E-state index is 12.8. The van der Waals surface area contributed by atoms with E-state index in [2.05, 4.69) is 27.7 Å². The van der Waals surface area contributed by atoms with Crippen molar-refractivity contribution in [3.63, 3.8) is 0 Å². The second-order valence-electron chi connectivity index (χ2n) is 18.6. The van der Waals surface area contributed by atoms with Crippen LogP contribution in [0.3, 0.4) is 0 Å². The van der Waals surface area contributed by atoms with Gasteiger partial charge in [-0.05, 0) is 25.2 Å². The van der Waals surface area contributed by atoms with Gasteiger partial charge in [0.1, 0.15) is 13.2 Å². The number of esters is 3. The Balaban J connectivity index is 4.31. The molecule has 0 aliphatic carbocycles. The van der Waals surface area contributed by atoms with Crippen molar-refractivity contribution in [3.8, 4) is 0 Å². The Morgan fingerprint density at radius 1 is 0.322 bits per heavy atom. The summed E-state index contributed by atoms with van der Waals surface area (Å²) in [6.45, 7) is 9.03. The molecule has 0 N–H and O–H groups in total. The molecule has 0 bridgehead atoms. The lowest BCUT2D eigenvalue weighted by atomic mass is 10.0. The lowest BCUT2D eigenvalue weighted by molar-refractivity contribution is -0.167. The van der Waals surface area contributed by atoms with E-state index in [1.807, 2.05) is 0 Å². The van der Waals surface area contributed by atoms with E-state index >= 15 is 0 Å². The first-order chi connectivity index (χ1) is 28.9. The first kappa shape index (κ1) is 57.4. The summed E-state index contributed by atoms with van der Waals surface area (Å²) < 4.78 is 16.8. The van der Waals surface area contributed by atoms with Gasteiger partial charge in [0.15, 0.2) is 6.10 Å². The highest BCUT2D eigenvalue weighted by molar-refractivity contribution is 5.71. The Kier molecular flexibility index (Phi) is 46.2. The van der Waals surface area contributed by atoms with Crippen LogP contribution in [0.2, 0.25) is 0 Å². The van der Waals surface area contributed by atoms with Crippen LogP contribution in [-0.2, 0) is 28.6 Å². The second-order valence-corrected chi connectivity index (χ2v) is 18.6. The molecule has 0 amide bonds. The fourth-order valence-corrected chi connectivity index (χ4v) is 8.04. The monoisotopic (exact) mass is 835 g/mol. The third-order valence-corrected chi connectivity index (χ3v) is 12.0. The quantitative estimate of drug-likeness (QED) is 0.0345. The zero-order valence-electron chi connectivity index (χ0n) is 40.2. The minimum absolute atomic E-state index is 0.0625. The summed E-state index contributed by atoms with van der Waals surface area (Å²) in [5.41, 5.74) is 0. The van der Waals surface area contributed by atoms with Crippen LogP contribution in [0.5, 0.6) is 0 Å². The molecule has 350 valence electrons. The average Bonchev–Trinajstić information content (AvgIpc) is 3.22. The maximum absolute atomic E-state index is 12.8. The van der Waals surface area contributed by atoms with Gasteiger partial charge in [0.05, 0.1) is 0 Å². The van der Waals surface area contributed by atoms with Crippen molar-refractivity contribution < 1.29 is 28.6 Å². The molecule has 6 heteroatoms. The van der Waals surface area contributed by atoms with E-state index in [1.165, 1.54) is 193 Å². The van der Waals surface area contributed by atoms with Gasteiger partial charge in [-0.2, -0.15) is 0 Å². The lowest BCUT2D eigenvalue weighted by Gasteiger charge is -2.18. The second kappa shape index (κ2) is 47.5. The number of hydrogen-bond acceptors (Lipinski definition) is 6. The average molecular weight is 835 g/mol. The Morgan fingerprint density at radius 2 is 0.559 bits per heavy atom. The predicted octanol–water partition coefficient (Wildman–Crippen LogP) is 17.1. The van der Waals surface area contributed by atoms with Gasteiger partial charge in [0, 0.05) is 19.3 Å². The number of carbonyl (C=O) groups excluding carboxylic acids is 3. The summed E-state index contributed by atoms with van der Waals surface area (Å²) in [7, 11) is 0. The molecule has 0 aliphatic rings. The third-order valence-electron chi connectivity index (χ3n) is 12.0. The van der Waals surface area contributed by atoms with Crippen LogP contribution in [0.1, 0.15) is 297 Å². The zero-order valence-corrected chi connectivity index (χ0v) is 40.2. The fourth-order valence-electron chi connectivity index (χ4n) is 8.04. The Hall–Kier alpha value is -1.59. The molecule has 0 aromatic carbocycles. The minimum Gasteiger partial charge on any atom is -0.462 e. The lowest BCUT2D eigenvalue weighted by Crippen LogP contribution is -2.30. The van der Waals surface area contributed by atoms with E-state index in [-0.39, 0.29) is 31.1 Å². The molecular weight excluding hydrogens is 733 g/mol. The SMILES string of the molecule is CCCCCCCCCCCCCCCCC(=O)O[C@H](COC(=O)CCCCCCCCCCCCCCC)COC(=O)CCCCCCCCCCCCCC(C)C. The van der Waals surface area contributed by atoms with Gasteiger partial charge in [0.2, 0.25) is 0 Å². The van der Waals surface area contributed by atoms with Gasteiger partial charge >= 0.3 is 17.9 Å². The van der Waals surface area contributed by atoms with Crippen molar-refractivity contribution >= 4 is 17.9 Å². The van der Waals surface area contributed by atoms with Crippen molar-refractivity contribution in [1.82, 2.24) is 0 Å². The van der Waals surface area contributed by atoms with Crippen molar-refractivity contribution in [2.45, 2.75) is 303 Å². The summed E-state index contributed by atoms with van der Waals surface area (Å²) in [5.74, 6) is -0.0154. The Bertz CT molecular complexity index is 887. The van der Waals surface area contributed by atoms with E-state index < -0.39 is 6.10 Å². The molecule has 6 nitrogen and oxygen atoms in total. The number of rotatable bonds is 48. The molecule has 0 unspecified atom stereocenters. The first-order valence-electron chi connectivity index (χ1n) is 26.4. The molecular formula is C53H102O6. The number of hydrogen-bond donors (Lipinski definition) is 0. The molecule has 0 saturated heterocycles. The van der Waals surface area contributed by atoms with Crippen molar-refractivity contribution in [2.24, 2.45) is 5.92 Å². The highest BCUT2D eigenvalue weighted by Crippen LogP contribution is 2.17. The standard InChI is InChI=1S/C53H102O6/c1-5-7-9-11-13-15-17-19-21-25-30-34-38-42-46-53(56)59-50(47-57-51(54)44-40-36-32-28-24-20-18-16-14-12-10-8-6-2)48-58-52(55)45-41-37-33-29-26-22-23-27-31-35-39-43-49(3)4/h49-50H,5-48H2,1-4H3/t50-/m1/s1. The van der Waals surface area contributed by atoms with Gasteiger partial charge < -0.3 is 14.2 Å². The van der Waals surface area contributed by atoms with Crippen LogP contribution in [0, 0.1) is 5.92 Å². The van der Waals surface area contributed by atoms with Crippen molar-refractivity contribution in [1.29, 1.82) is 0 Å². The van der Waals surface area contributed by atoms with Gasteiger partial charge in [-0.15, -0.1) is 0 Å². The molecule has 0 aliphatic heterocycles. The summed E-state index contributed by atoms with van der Waals surface area (Å²) in [5, 5.41) is 0. The molecule has 0 rings (SSSR count). The molecule has 0 heterocycles. The number of carbonyl (C=O) groups is 3. The zero-order chi connectivity index (χ0) is 43.1. The molecule has 0 saturated carbocycles. The summed E-state index contributed by atoms with van der Waals surface area (Å²) in [4.78, 5) is 38.0. The Labute approximate surface area is 368 Å². The van der Waals surface area contributed by atoms with Gasteiger partial charge in [-0.25, -0.2) is 0 Å². The van der Waals surface area contributed by atoms with Crippen LogP contribution in [-0.4, -0.2) is 37.2 Å². The molecule has 1 atom stereocenters.